The number of benzene rings is 1. The molecule has 0 amide bonds. The lowest BCUT2D eigenvalue weighted by molar-refractivity contribution is -0.138. The number of halogens is 4. The fraction of sp³-hybridized carbons (Fsp3) is 0.385. The van der Waals surface area contributed by atoms with E-state index in [-0.39, 0.29) is 17.7 Å². The summed E-state index contributed by atoms with van der Waals surface area (Å²) in [5.74, 6) is -1.09. The smallest absolute Gasteiger partial charge is 0.416 e. The number of oxime groups is 1. The molecule has 0 radical (unpaired) electrons. The number of carboxylic acids is 1. The number of carboxylic acid groups (broad SMARTS) is 1. The second-order valence-electron chi connectivity index (χ2n) is 4.43. The van der Waals surface area contributed by atoms with Crippen molar-refractivity contribution in [1.82, 2.24) is 4.90 Å². The lowest BCUT2D eigenvalue weighted by Crippen LogP contribution is -2.26. The van der Waals surface area contributed by atoms with Crippen LogP contribution in [-0.2, 0) is 17.6 Å². The van der Waals surface area contributed by atoms with Crippen molar-refractivity contribution in [2.24, 2.45) is 5.16 Å². The van der Waals surface area contributed by atoms with Gasteiger partial charge in [0.05, 0.1) is 16.1 Å². The van der Waals surface area contributed by atoms with E-state index in [1.165, 1.54) is 26.0 Å². The van der Waals surface area contributed by atoms with E-state index in [1.54, 1.807) is 0 Å². The van der Waals surface area contributed by atoms with Gasteiger partial charge in [0, 0.05) is 19.2 Å². The van der Waals surface area contributed by atoms with E-state index in [4.69, 9.17) is 16.7 Å². The summed E-state index contributed by atoms with van der Waals surface area (Å²) in [4.78, 5) is 16.9. The quantitative estimate of drug-likeness (QED) is 0.519. The summed E-state index contributed by atoms with van der Waals surface area (Å²) in [6.45, 7) is 1.26. The van der Waals surface area contributed by atoms with Crippen molar-refractivity contribution >= 4 is 23.4 Å². The first-order valence-electron chi connectivity index (χ1n) is 6.00. The lowest BCUT2D eigenvalue weighted by atomic mass is 10.0. The molecular formula is C13H14ClF3N2O3. The SMILES string of the molecule is CON=C(C)N(C)Cc1c(C(F)(F)F)ccc(C(=O)O)c1Cl. The predicted molar refractivity (Wildman–Crippen MR) is 75.0 cm³/mol. The molecule has 9 heteroatoms. The largest absolute Gasteiger partial charge is 0.478 e. The van der Waals surface area contributed by atoms with Gasteiger partial charge in [-0.15, -0.1) is 0 Å². The van der Waals surface area contributed by atoms with Gasteiger partial charge in [-0.25, -0.2) is 4.79 Å². The van der Waals surface area contributed by atoms with E-state index >= 15 is 0 Å². The zero-order valence-electron chi connectivity index (χ0n) is 12.0. The fourth-order valence-corrected chi connectivity index (χ4v) is 2.07. The predicted octanol–water partition coefficient (Wildman–Crippen LogP) is 3.47. The average molecular weight is 339 g/mol. The van der Waals surface area contributed by atoms with Gasteiger partial charge < -0.3 is 14.8 Å². The van der Waals surface area contributed by atoms with Crippen molar-refractivity contribution in [2.45, 2.75) is 19.6 Å². The summed E-state index contributed by atoms with van der Waals surface area (Å²) >= 11 is 5.86. The number of rotatable bonds is 4. The zero-order chi connectivity index (χ0) is 17.1. The molecule has 0 fully saturated rings. The Morgan fingerprint density at radius 2 is 2.05 bits per heavy atom. The van der Waals surface area contributed by atoms with Gasteiger partial charge in [0.25, 0.3) is 0 Å². The Morgan fingerprint density at radius 1 is 1.45 bits per heavy atom. The van der Waals surface area contributed by atoms with Crippen LogP contribution in [0.4, 0.5) is 13.2 Å². The first-order valence-corrected chi connectivity index (χ1v) is 6.38. The van der Waals surface area contributed by atoms with Gasteiger partial charge in [0.2, 0.25) is 0 Å². The van der Waals surface area contributed by atoms with Crippen molar-refractivity contribution in [3.8, 4) is 0 Å². The molecule has 122 valence electrons. The van der Waals surface area contributed by atoms with E-state index in [0.29, 0.717) is 11.9 Å². The minimum atomic E-state index is -4.65. The monoisotopic (exact) mass is 338 g/mol. The van der Waals surface area contributed by atoms with E-state index < -0.39 is 22.7 Å². The molecule has 0 saturated carbocycles. The molecule has 0 bridgehead atoms. The minimum Gasteiger partial charge on any atom is -0.478 e. The molecule has 0 heterocycles. The summed E-state index contributed by atoms with van der Waals surface area (Å²) in [6, 6.07) is 1.55. The maximum Gasteiger partial charge on any atom is 0.416 e. The number of carbonyl (C=O) groups is 1. The lowest BCUT2D eigenvalue weighted by Gasteiger charge is -2.22. The zero-order valence-corrected chi connectivity index (χ0v) is 12.8. The number of aromatic carboxylic acids is 1. The van der Waals surface area contributed by atoms with Crippen molar-refractivity contribution in [3.63, 3.8) is 0 Å². The maximum atomic E-state index is 13.1. The molecule has 1 aromatic carbocycles. The van der Waals surface area contributed by atoms with Gasteiger partial charge in [-0.1, -0.05) is 16.8 Å². The highest BCUT2D eigenvalue weighted by Crippen LogP contribution is 2.37. The molecule has 1 N–H and O–H groups in total. The molecule has 0 aliphatic carbocycles. The molecule has 1 rings (SSSR count). The van der Waals surface area contributed by atoms with Crippen molar-refractivity contribution in [3.05, 3.63) is 33.8 Å². The first-order chi connectivity index (χ1) is 10.1. The Bertz CT molecular complexity index is 603. The molecule has 22 heavy (non-hydrogen) atoms. The third-order valence-corrected chi connectivity index (χ3v) is 3.38. The van der Waals surface area contributed by atoms with E-state index in [2.05, 4.69) is 9.99 Å². The highest BCUT2D eigenvalue weighted by molar-refractivity contribution is 6.34. The molecule has 0 aliphatic heterocycles. The molecule has 0 unspecified atom stereocenters. The highest BCUT2D eigenvalue weighted by atomic mass is 35.5. The van der Waals surface area contributed by atoms with E-state index in [9.17, 15) is 18.0 Å². The molecular weight excluding hydrogens is 325 g/mol. The van der Waals surface area contributed by atoms with Crippen LogP contribution in [0.15, 0.2) is 17.3 Å². The van der Waals surface area contributed by atoms with Gasteiger partial charge in [0.15, 0.2) is 0 Å². The fourth-order valence-electron chi connectivity index (χ4n) is 1.76. The van der Waals surface area contributed by atoms with Crippen LogP contribution in [0.3, 0.4) is 0 Å². The number of amidine groups is 1. The number of alkyl halides is 3. The van der Waals surface area contributed by atoms with Crippen LogP contribution in [0.25, 0.3) is 0 Å². The third-order valence-electron chi connectivity index (χ3n) is 2.95. The van der Waals surface area contributed by atoms with E-state index in [1.807, 2.05) is 0 Å². The molecule has 5 nitrogen and oxygen atoms in total. The summed E-state index contributed by atoms with van der Waals surface area (Å²) in [6.07, 6.45) is -4.65. The number of hydrogen-bond acceptors (Lipinski definition) is 3. The second-order valence-corrected chi connectivity index (χ2v) is 4.81. The standard InChI is InChI=1S/C13H14ClF3N2O3/c1-7(18-22-3)19(2)6-9-10(13(15,16)17)5-4-8(11(9)14)12(20)21/h4-5H,6H2,1-3H3,(H,20,21). The van der Waals surface area contributed by atoms with Crippen LogP contribution in [0.1, 0.15) is 28.4 Å². The van der Waals surface area contributed by atoms with Crippen molar-refractivity contribution in [2.75, 3.05) is 14.2 Å². The van der Waals surface area contributed by atoms with Crippen LogP contribution in [0.2, 0.25) is 5.02 Å². The summed E-state index contributed by atoms with van der Waals surface area (Å²) in [5.41, 5.74) is -1.71. The normalized spacial score (nSPS) is 12.2. The van der Waals surface area contributed by atoms with Crippen LogP contribution >= 0.6 is 11.6 Å². The van der Waals surface area contributed by atoms with Crippen LogP contribution in [0.5, 0.6) is 0 Å². The maximum absolute atomic E-state index is 13.1. The molecule has 0 spiro atoms. The van der Waals surface area contributed by atoms with Crippen LogP contribution in [-0.4, -0.2) is 36.0 Å². The molecule has 0 aromatic heterocycles. The topological polar surface area (TPSA) is 62.1 Å². The molecule has 0 atom stereocenters. The first kappa shape index (κ1) is 18.1. The Morgan fingerprint density at radius 3 is 2.50 bits per heavy atom. The Kier molecular flexibility index (Phi) is 5.65. The number of nitrogens with zero attached hydrogens (tertiary/aromatic N) is 2. The van der Waals surface area contributed by atoms with Crippen LogP contribution < -0.4 is 0 Å². The van der Waals surface area contributed by atoms with Gasteiger partial charge in [-0.05, 0) is 19.1 Å². The van der Waals surface area contributed by atoms with Gasteiger partial charge >= 0.3 is 12.1 Å². The van der Waals surface area contributed by atoms with Crippen molar-refractivity contribution < 1.29 is 27.9 Å². The van der Waals surface area contributed by atoms with Gasteiger partial charge in [-0.3, -0.25) is 0 Å². The van der Waals surface area contributed by atoms with Gasteiger partial charge in [0.1, 0.15) is 12.9 Å². The van der Waals surface area contributed by atoms with Crippen LogP contribution in [0, 0.1) is 0 Å². The molecule has 0 saturated heterocycles. The van der Waals surface area contributed by atoms with E-state index in [0.717, 1.165) is 6.07 Å². The summed E-state index contributed by atoms with van der Waals surface area (Å²) in [5, 5.41) is 12.1. The summed E-state index contributed by atoms with van der Waals surface area (Å²) < 4.78 is 39.2. The average Bonchev–Trinajstić information content (AvgIpc) is 2.39. The molecule has 1 aromatic rings. The summed E-state index contributed by atoms with van der Waals surface area (Å²) in [7, 11) is 2.79. The van der Waals surface area contributed by atoms with Gasteiger partial charge in [-0.2, -0.15) is 13.2 Å². The minimum absolute atomic E-state index is 0.270. The Hall–Kier alpha value is -1.96. The number of hydrogen-bond donors (Lipinski definition) is 1. The Labute approximate surface area is 129 Å². The Balaban J connectivity index is 3.38. The van der Waals surface area contributed by atoms with Crippen molar-refractivity contribution in [1.29, 1.82) is 0 Å². The molecule has 0 aliphatic rings. The third kappa shape index (κ3) is 4.03. The highest BCUT2D eigenvalue weighted by Gasteiger charge is 2.35. The second kappa shape index (κ2) is 6.87.